The van der Waals surface area contributed by atoms with Crippen molar-refractivity contribution < 1.29 is 13.9 Å². The van der Waals surface area contributed by atoms with E-state index in [0.29, 0.717) is 22.9 Å². The van der Waals surface area contributed by atoms with E-state index in [-0.39, 0.29) is 11.7 Å². The number of halogens is 2. The molecule has 1 aliphatic rings. The van der Waals surface area contributed by atoms with Crippen LogP contribution in [0.4, 0.5) is 15.0 Å². The number of aromatic nitrogens is 3. The van der Waals surface area contributed by atoms with Crippen LogP contribution >= 0.6 is 11.6 Å². The summed E-state index contributed by atoms with van der Waals surface area (Å²) < 4.78 is 22.5. The number of ether oxygens (including phenoxy) is 1. The molecule has 1 fully saturated rings. The molecule has 0 radical (unpaired) electrons. The standard InChI is InChI=1S/C27H26ClFN4O2/c1-27(2,3)35-26(34)32(16-20-12-11-19(13-22(20)29)17-7-5-4-6-8-17)24-14-23(28)31-25-21(18-9-10-18)15-30-33(24)25/h4-8,11-15,18H,9-10,16H2,1-3H3. The molecule has 4 aromatic rings. The molecule has 0 atom stereocenters. The summed E-state index contributed by atoms with van der Waals surface area (Å²) in [5.41, 5.74) is 2.86. The Bertz CT molecular complexity index is 1390. The van der Waals surface area contributed by atoms with Gasteiger partial charge in [-0.2, -0.15) is 9.61 Å². The van der Waals surface area contributed by atoms with Gasteiger partial charge in [0.05, 0.1) is 12.7 Å². The van der Waals surface area contributed by atoms with Gasteiger partial charge < -0.3 is 4.74 Å². The van der Waals surface area contributed by atoms with Crippen LogP contribution in [-0.4, -0.2) is 26.3 Å². The predicted octanol–water partition coefficient (Wildman–Crippen LogP) is 7.01. The molecule has 2 aromatic carbocycles. The van der Waals surface area contributed by atoms with Crippen LogP contribution in [0.25, 0.3) is 16.8 Å². The highest BCUT2D eigenvalue weighted by Crippen LogP contribution is 2.42. The lowest BCUT2D eigenvalue weighted by molar-refractivity contribution is 0.0575. The van der Waals surface area contributed by atoms with Gasteiger partial charge in [0.15, 0.2) is 5.65 Å². The highest BCUT2D eigenvalue weighted by Gasteiger charge is 2.31. The number of nitrogens with zero attached hydrogens (tertiary/aromatic N) is 4. The molecule has 0 spiro atoms. The van der Waals surface area contributed by atoms with Crippen molar-refractivity contribution >= 4 is 29.2 Å². The normalized spacial score (nSPS) is 13.7. The lowest BCUT2D eigenvalue weighted by Crippen LogP contribution is -2.38. The Kier molecular flexibility index (Phi) is 5.97. The number of fused-ring (bicyclic) bond motifs is 1. The van der Waals surface area contributed by atoms with Crippen molar-refractivity contribution in [2.24, 2.45) is 0 Å². The number of rotatable bonds is 5. The zero-order valence-electron chi connectivity index (χ0n) is 19.8. The lowest BCUT2D eigenvalue weighted by Gasteiger charge is -2.28. The second-order valence-corrected chi connectivity index (χ2v) is 10.2. The van der Waals surface area contributed by atoms with E-state index in [1.807, 2.05) is 36.4 Å². The average molecular weight is 493 g/mol. The van der Waals surface area contributed by atoms with E-state index in [9.17, 15) is 4.79 Å². The largest absolute Gasteiger partial charge is 0.443 e. The van der Waals surface area contributed by atoms with E-state index in [1.165, 1.54) is 11.0 Å². The molecule has 35 heavy (non-hydrogen) atoms. The molecule has 2 aromatic heterocycles. The summed E-state index contributed by atoms with van der Waals surface area (Å²) >= 11 is 6.38. The summed E-state index contributed by atoms with van der Waals surface area (Å²) in [4.78, 5) is 19.2. The van der Waals surface area contributed by atoms with Gasteiger partial charge in [0.1, 0.15) is 22.4 Å². The second kappa shape index (κ2) is 8.96. The van der Waals surface area contributed by atoms with Gasteiger partial charge in [-0.05, 0) is 56.7 Å². The van der Waals surface area contributed by atoms with Crippen molar-refractivity contribution in [1.82, 2.24) is 14.6 Å². The molecule has 1 amide bonds. The molecule has 2 heterocycles. The van der Waals surface area contributed by atoms with Crippen LogP contribution in [0, 0.1) is 5.82 Å². The molecule has 180 valence electrons. The first kappa shape index (κ1) is 23.3. The molecule has 0 saturated heterocycles. The van der Waals surface area contributed by atoms with Crippen LogP contribution in [0.2, 0.25) is 5.15 Å². The number of anilines is 1. The van der Waals surface area contributed by atoms with Crippen molar-refractivity contribution in [3.05, 3.63) is 82.9 Å². The third-order valence-electron chi connectivity index (χ3n) is 5.85. The molecular weight excluding hydrogens is 467 g/mol. The summed E-state index contributed by atoms with van der Waals surface area (Å²) in [7, 11) is 0. The number of amides is 1. The Morgan fingerprint density at radius 2 is 1.89 bits per heavy atom. The van der Waals surface area contributed by atoms with Crippen LogP contribution in [0.3, 0.4) is 0 Å². The van der Waals surface area contributed by atoms with E-state index in [2.05, 4.69) is 10.1 Å². The fourth-order valence-electron chi connectivity index (χ4n) is 4.02. The quantitative estimate of drug-likeness (QED) is 0.281. The molecule has 0 aliphatic heterocycles. The molecule has 1 saturated carbocycles. The highest BCUT2D eigenvalue weighted by molar-refractivity contribution is 6.29. The smallest absolute Gasteiger partial charge is 0.416 e. The Morgan fingerprint density at radius 3 is 2.54 bits per heavy atom. The summed E-state index contributed by atoms with van der Waals surface area (Å²) in [6.45, 7) is 5.29. The topological polar surface area (TPSA) is 59.7 Å². The van der Waals surface area contributed by atoms with Crippen LogP contribution in [-0.2, 0) is 11.3 Å². The minimum absolute atomic E-state index is 0.0656. The maximum Gasteiger partial charge on any atom is 0.416 e. The van der Waals surface area contributed by atoms with E-state index in [1.54, 1.807) is 43.6 Å². The van der Waals surface area contributed by atoms with Crippen molar-refractivity contribution in [2.75, 3.05) is 4.90 Å². The molecule has 0 bridgehead atoms. The van der Waals surface area contributed by atoms with E-state index < -0.39 is 17.5 Å². The first-order chi connectivity index (χ1) is 16.7. The second-order valence-electron chi connectivity index (χ2n) is 9.79. The lowest BCUT2D eigenvalue weighted by atomic mass is 10.0. The van der Waals surface area contributed by atoms with Gasteiger partial charge in [-0.25, -0.2) is 14.2 Å². The first-order valence-electron chi connectivity index (χ1n) is 11.6. The minimum atomic E-state index is -0.746. The molecule has 0 N–H and O–H groups in total. The number of hydrogen-bond donors (Lipinski definition) is 0. The monoisotopic (exact) mass is 492 g/mol. The Hall–Kier alpha value is -3.45. The maximum atomic E-state index is 15.3. The van der Waals surface area contributed by atoms with E-state index >= 15 is 4.39 Å². The highest BCUT2D eigenvalue weighted by atomic mass is 35.5. The Balaban J connectivity index is 1.56. The zero-order chi connectivity index (χ0) is 24.7. The molecule has 6 nitrogen and oxygen atoms in total. The Labute approximate surface area is 208 Å². The predicted molar refractivity (Wildman–Crippen MR) is 134 cm³/mol. The van der Waals surface area contributed by atoms with Gasteiger partial charge in [-0.15, -0.1) is 0 Å². The van der Waals surface area contributed by atoms with Crippen molar-refractivity contribution in [3.8, 4) is 11.1 Å². The summed E-state index contributed by atoms with van der Waals surface area (Å²) in [6, 6.07) is 16.1. The fraction of sp³-hybridized carbons (Fsp3) is 0.296. The molecule has 5 rings (SSSR count). The van der Waals surface area contributed by atoms with Gasteiger partial charge in [0, 0.05) is 17.2 Å². The zero-order valence-corrected chi connectivity index (χ0v) is 20.6. The minimum Gasteiger partial charge on any atom is -0.443 e. The van der Waals surface area contributed by atoms with Gasteiger partial charge in [-0.3, -0.25) is 4.90 Å². The van der Waals surface area contributed by atoms with E-state index in [4.69, 9.17) is 16.3 Å². The van der Waals surface area contributed by atoms with Gasteiger partial charge in [-0.1, -0.05) is 54.1 Å². The van der Waals surface area contributed by atoms with Crippen LogP contribution < -0.4 is 4.90 Å². The first-order valence-corrected chi connectivity index (χ1v) is 12.0. The average Bonchev–Trinajstić information content (AvgIpc) is 3.56. The molecule has 1 aliphatic carbocycles. The summed E-state index contributed by atoms with van der Waals surface area (Å²) in [5, 5.41) is 4.72. The van der Waals surface area contributed by atoms with Crippen LogP contribution in [0.5, 0.6) is 0 Å². The number of hydrogen-bond acceptors (Lipinski definition) is 4. The fourth-order valence-corrected chi connectivity index (χ4v) is 4.20. The summed E-state index contributed by atoms with van der Waals surface area (Å²) in [5.74, 6) is 0.340. The third-order valence-corrected chi connectivity index (χ3v) is 6.04. The number of carbonyl (C=O) groups excluding carboxylic acids is 1. The van der Waals surface area contributed by atoms with Gasteiger partial charge in [0.25, 0.3) is 0 Å². The van der Waals surface area contributed by atoms with Crippen molar-refractivity contribution in [3.63, 3.8) is 0 Å². The molecule has 0 unspecified atom stereocenters. The third kappa shape index (κ3) is 5.00. The Morgan fingerprint density at radius 1 is 1.14 bits per heavy atom. The number of carbonyl (C=O) groups is 1. The molecule has 8 heteroatoms. The number of benzene rings is 2. The van der Waals surface area contributed by atoms with E-state index in [0.717, 1.165) is 29.5 Å². The van der Waals surface area contributed by atoms with Crippen molar-refractivity contribution in [2.45, 2.75) is 51.7 Å². The molecular formula is C27H26ClFN4O2. The van der Waals surface area contributed by atoms with Gasteiger partial charge in [0.2, 0.25) is 0 Å². The maximum absolute atomic E-state index is 15.3. The summed E-state index contributed by atoms with van der Waals surface area (Å²) in [6.07, 6.45) is 3.28. The van der Waals surface area contributed by atoms with Crippen LogP contribution in [0.1, 0.15) is 50.7 Å². The van der Waals surface area contributed by atoms with Gasteiger partial charge >= 0.3 is 6.09 Å². The SMILES string of the molecule is CC(C)(C)OC(=O)N(Cc1ccc(-c2ccccc2)cc1F)c1cc(Cl)nc2c(C3CC3)cnn12. The van der Waals surface area contributed by atoms with Crippen molar-refractivity contribution in [1.29, 1.82) is 0 Å². The van der Waals surface area contributed by atoms with Crippen LogP contribution in [0.15, 0.2) is 60.8 Å².